The minimum absolute atomic E-state index is 0.146. The monoisotopic (exact) mass is 480 g/mol. The molecule has 0 radical (unpaired) electrons. The van der Waals surface area contributed by atoms with Crippen molar-refractivity contribution >= 4 is 31.9 Å². The van der Waals surface area contributed by atoms with E-state index in [0.29, 0.717) is 36.1 Å². The van der Waals surface area contributed by atoms with Gasteiger partial charge < -0.3 is 10.1 Å². The van der Waals surface area contributed by atoms with Crippen LogP contribution < -0.4 is 10.1 Å². The fraction of sp³-hybridized carbons (Fsp3) is 0.381. The van der Waals surface area contributed by atoms with Crippen LogP contribution in [-0.2, 0) is 16.4 Å². The van der Waals surface area contributed by atoms with Gasteiger partial charge in [-0.3, -0.25) is 4.79 Å². The number of nitrogens with zero attached hydrogens (tertiary/aromatic N) is 1. The molecule has 0 bridgehead atoms. The summed E-state index contributed by atoms with van der Waals surface area (Å²) in [7, 11) is -1.95. The summed E-state index contributed by atoms with van der Waals surface area (Å²) in [5.41, 5.74) is 2.44. The van der Waals surface area contributed by atoms with E-state index in [1.54, 1.807) is 13.2 Å². The largest absolute Gasteiger partial charge is 0.496 e. The molecule has 2 aromatic rings. The fourth-order valence-electron chi connectivity index (χ4n) is 3.43. The number of rotatable bonds is 7. The number of aryl methyl sites for hydroxylation is 1. The Labute approximate surface area is 180 Å². The van der Waals surface area contributed by atoms with Gasteiger partial charge >= 0.3 is 0 Å². The second-order valence-electron chi connectivity index (χ2n) is 7.07. The SMILES string of the molecule is COc1ccc(C)cc1CCNC(=O)c1cc(S(=O)(=O)N2CCCC2)ccc1Br. The molecule has 0 saturated carbocycles. The predicted molar refractivity (Wildman–Crippen MR) is 116 cm³/mol. The van der Waals surface area contributed by atoms with Gasteiger partial charge in [-0.05, 0) is 71.9 Å². The fourth-order valence-corrected chi connectivity index (χ4v) is 5.40. The highest BCUT2D eigenvalue weighted by Gasteiger charge is 2.28. The lowest BCUT2D eigenvalue weighted by atomic mass is 10.1. The number of nitrogens with one attached hydrogen (secondary N) is 1. The zero-order valence-corrected chi connectivity index (χ0v) is 19.0. The molecule has 3 rings (SSSR count). The molecule has 0 aromatic heterocycles. The Kier molecular flexibility index (Phi) is 6.97. The molecule has 0 aliphatic carbocycles. The molecule has 156 valence electrons. The van der Waals surface area contributed by atoms with Gasteiger partial charge in [0, 0.05) is 24.1 Å². The van der Waals surface area contributed by atoms with Gasteiger partial charge in [0.05, 0.1) is 17.6 Å². The van der Waals surface area contributed by atoms with Gasteiger partial charge in [-0.25, -0.2) is 8.42 Å². The van der Waals surface area contributed by atoms with Gasteiger partial charge in [-0.15, -0.1) is 0 Å². The molecule has 1 aliphatic rings. The molecular weight excluding hydrogens is 456 g/mol. The predicted octanol–water partition coefficient (Wildman–Crippen LogP) is 3.52. The zero-order chi connectivity index (χ0) is 21.0. The summed E-state index contributed by atoms with van der Waals surface area (Å²) >= 11 is 3.36. The summed E-state index contributed by atoms with van der Waals surface area (Å²) in [5, 5.41) is 2.87. The molecule has 2 aromatic carbocycles. The van der Waals surface area contributed by atoms with E-state index >= 15 is 0 Å². The van der Waals surface area contributed by atoms with Crippen LogP contribution in [0.4, 0.5) is 0 Å². The summed E-state index contributed by atoms with van der Waals surface area (Å²) in [6, 6.07) is 10.5. The van der Waals surface area contributed by atoms with Crippen LogP contribution in [0.2, 0.25) is 0 Å². The lowest BCUT2D eigenvalue weighted by Gasteiger charge is -2.16. The van der Waals surface area contributed by atoms with Crippen LogP contribution in [0.5, 0.6) is 5.75 Å². The third kappa shape index (κ3) is 4.99. The average molecular weight is 481 g/mol. The Hall–Kier alpha value is -1.90. The molecule has 0 spiro atoms. The Morgan fingerprint density at radius 3 is 2.59 bits per heavy atom. The van der Waals surface area contributed by atoms with Crippen molar-refractivity contribution in [3.8, 4) is 5.75 Å². The van der Waals surface area contributed by atoms with Crippen molar-refractivity contribution in [3.05, 3.63) is 57.6 Å². The molecule has 8 heteroatoms. The minimum atomic E-state index is -3.57. The Balaban J connectivity index is 1.72. The number of hydrogen-bond donors (Lipinski definition) is 1. The zero-order valence-electron chi connectivity index (χ0n) is 16.6. The van der Waals surface area contributed by atoms with Crippen molar-refractivity contribution in [3.63, 3.8) is 0 Å². The van der Waals surface area contributed by atoms with E-state index in [1.165, 1.54) is 16.4 Å². The van der Waals surface area contributed by atoms with Crippen molar-refractivity contribution in [2.45, 2.75) is 31.1 Å². The van der Waals surface area contributed by atoms with Crippen LogP contribution in [0.1, 0.15) is 34.3 Å². The normalized spacial score (nSPS) is 14.7. The van der Waals surface area contributed by atoms with E-state index in [-0.39, 0.29) is 10.8 Å². The first-order valence-corrected chi connectivity index (χ1v) is 11.8. The number of benzene rings is 2. The second-order valence-corrected chi connectivity index (χ2v) is 9.87. The lowest BCUT2D eigenvalue weighted by molar-refractivity contribution is 0.0953. The second kappa shape index (κ2) is 9.28. The highest BCUT2D eigenvalue weighted by atomic mass is 79.9. The molecule has 0 atom stereocenters. The summed E-state index contributed by atoms with van der Waals surface area (Å²) in [4.78, 5) is 12.8. The molecular formula is C21H25BrN2O4S. The van der Waals surface area contributed by atoms with Crippen LogP contribution in [0.25, 0.3) is 0 Å². The van der Waals surface area contributed by atoms with E-state index in [1.807, 2.05) is 25.1 Å². The van der Waals surface area contributed by atoms with Gasteiger partial charge in [0.2, 0.25) is 10.0 Å². The lowest BCUT2D eigenvalue weighted by Crippen LogP contribution is -2.29. The van der Waals surface area contributed by atoms with Gasteiger partial charge in [0.1, 0.15) is 5.75 Å². The van der Waals surface area contributed by atoms with Crippen molar-refractivity contribution in [2.75, 3.05) is 26.7 Å². The molecule has 29 heavy (non-hydrogen) atoms. The molecule has 1 heterocycles. The number of carbonyl (C=O) groups excluding carboxylic acids is 1. The minimum Gasteiger partial charge on any atom is -0.496 e. The van der Waals surface area contributed by atoms with E-state index in [9.17, 15) is 13.2 Å². The number of carbonyl (C=O) groups is 1. The van der Waals surface area contributed by atoms with Crippen LogP contribution in [0.15, 0.2) is 45.8 Å². The maximum atomic E-state index is 12.8. The van der Waals surface area contributed by atoms with Crippen LogP contribution in [0.3, 0.4) is 0 Å². The average Bonchev–Trinajstić information content (AvgIpc) is 3.24. The first-order chi connectivity index (χ1) is 13.8. The Morgan fingerprint density at radius 2 is 1.90 bits per heavy atom. The summed E-state index contributed by atoms with van der Waals surface area (Å²) in [5.74, 6) is 0.465. The number of amides is 1. The summed E-state index contributed by atoms with van der Waals surface area (Å²) in [6.07, 6.45) is 2.34. The van der Waals surface area contributed by atoms with Gasteiger partial charge in [0.15, 0.2) is 0 Å². The summed E-state index contributed by atoms with van der Waals surface area (Å²) < 4.78 is 33.0. The van der Waals surface area contributed by atoms with Crippen molar-refractivity contribution < 1.29 is 17.9 Å². The van der Waals surface area contributed by atoms with E-state index in [0.717, 1.165) is 29.7 Å². The maximum Gasteiger partial charge on any atom is 0.252 e. The van der Waals surface area contributed by atoms with Crippen LogP contribution >= 0.6 is 15.9 Å². The van der Waals surface area contributed by atoms with E-state index in [4.69, 9.17) is 4.74 Å². The smallest absolute Gasteiger partial charge is 0.252 e. The highest BCUT2D eigenvalue weighted by Crippen LogP contribution is 2.26. The molecule has 1 fully saturated rings. The maximum absolute atomic E-state index is 12.8. The van der Waals surface area contributed by atoms with Crippen molar-refractivity contribution in [1.82, 2.24) is 9.62 Å². The molecule has 1 N–H and O–H groups in total. The molecule has 1 saturated heterocycles. The molecule has 0 unspecified atom stereocenters. The van der Waals surface area contributed by atoms with Gasteiger partial charge in [-0.2, -0.15) is 4.31 Å². The van der Waals surface area contributed by atoms with E-state index in [2.05, 4.69) is 21.2 Å². The topological polar surface area (TPSA) is 75.7 Å². The van der Waals surface area contributed by atoms with Gasteiger partial charge in [-0.1, -0.05) is 17.7 Å². The third-order valence-electron chi connectivity index (χ3n) is 5.00. The molecule has 6 nitrogen and oxygen atoms in total. The van der Waals surface area contributed by atoms with Crippen LogP contribution in [-0.4, -0.2) is 45.4 Å². The van der Waals surface area contributed by atoms with Crippen molar-refractivity contribution in [1.29, 1.82) is 0 Å². The molecule has 1 aliphatic heterocycles. The third-order valence-corrected chi connectivity index (χ3v) is 7.59. The number of sulfonamides is 1. The van der Waals surface area contributed by atoms with E-state index < -0.39 is 10.0 Å². The number of halogens is 1. The van der Waals surface area contributed by atoms with Gasteiger partial charge in [0.25, 0.3) is 5.91 Å². The quantitative estimate of drug-likeness (QED) is 0.657. The first-order valence-electron chi connectivity index (χ1n) is 9.54. The van der Waals surface area contributed by atoms with Crippen molar-refractivity contribution in [2.24, 2.45) is 0 Å². The Morgan fingerprint density at radius 1 is 1.17 bits per heavy atom. The summed E-state index contributed by atoms with van der Waals surface area (Å²) in [6.45, 7) is 3.47. The first kappa shape index (κ1) is 21.8. The Bertz CT molecular complexity index is 1000. The standard InChI is InChI=1S/C21H25BrN2O4S/c1-15-5-8-20(28-2)16(13-15)9-10-23-21(25)18-14-17(6-7-19(18)22)29(26,27)24-11-3-4-12-24/h5-8,13-14H,3-4,9-12H2,1-2H3,(H,23,25). The molecule has 1 amide bonds. The number of methoxy groups -OCH3 is 1. The van der Waals surface area contributed by atoms with Crippen LogP contribution in [0, 0.1) is 6.92 Å². The highest BCUT2D eigenvalue weighted by molar-refractivity contribution is 9.10. The number of hydrogen-bond acceptors (Lipinski definition) is 4. The number of ether oxygens (including phenoxy) is 1.